The van der Waals surface area contributed by atoms with E-state index in [-0.39, 0.29) is 5.75 Å². The van der Waals surface area contributed by atoms with Crippen molar-refractivity contribution in [3.63, 3.8) is 0 Å². The lowest BCUT2D eigenvalue weighted by molar-refractivity contribution is -0.274. The number of aryl methyl sites for hydroxylation is 1. The fourth-order valence-electron chi connectivity index (χ4n) is 3.12. The van der Waals surface area contributed by atoms with E-state index in [0.29, 0.717) is 28.0 Å². The van der Waals surface area contributed by atoms with Crippen LogP contribution in [0.1, 0.15) is 43.0 Å². The van der Waals surface area contributed by atoms with Crippen LogP contribution in [0.5, 0.6) is 5.75 Å². The molecule has 0 atom stereocenters. The van der Waals surface area contributed by atoms with E-state index in [4.69, 9.17) is 0 Å². The van der Waals surface area contributed by atoms with E-state index in [1.807, 2.05) is 6.07 Å². The molecule has 2 N–H and O–H groups in total. The van der Waals surface area contributed by atoms with Crippen LogP contribution in [0, 0.1) is 24.2 Å². The number of rotatable bonds is 8. The molecule has 158 valence electrons. The summed E-state index contributed by atoms with van der Waals surface area (Å²) < 4.78 is 41.2. The maximum Gasteiger partial charge on any atom is 0.573 e. The molecule has 0 unspecified atom stereocenters. The third-order valence-corrected chi connectivity index (χ3v) is 4.94. The molecule has 1 aromatic heterocycles. The Bertz CT molecular complexity index is 958. The number of allylic oxidation sites excluding steroid dienone is 2. The molecule has 1 aromatic carbocycles. The highest BCUT2D eigenvalue weighted by Crippen LogP contribution is 2.32. The standard InChI is InChI=1S/C22H23F3N4O/c1-14-11-18(30-22(23,24)25)6-7-19(14)20(12-26)15(2)21-8-5-17(13-27-21)29-28-10-9-16-3-4-16/h5-8,11,13,16,28-29H,3-4,9-10H2,1-2H3/b20-15+. The first-order chi connectivity index (χ1) is 14.3. The maximum atomic E-state index is 12.4. The topological polar surface area (TPSA) is 70.0 Å². The number of nitrogens with zero attached hydrogens (tertiary/aromatic N) is 2. The number of hydrogen-bond acceptors (Lipinski definition) is 5. The fourth-order valence-corrected chi connectivity index (χ4v) is 3.12. The molecule has 2 aromatic rings. The molecule has 0 bridgehead atoms. The van der Waals surface area contributed by atoms with Crippen molar-refractivity contribution in [2.45, 2.75) is 39.5 Å². The SMILES string of the molecule is C/C(=C(/C#N)c1ccc(OC(F)(F)F)cc1C)c1ccc(NNCCC2CC2)cn1. The molecule has 0 spiro atoms. The Morgan fingerprint density at radius 1 is 1.27 bits per heavy atom. The van der Waals surface area contributed by atoms with E-state index in [1.165, 1.54) is 31.0 Å². The van der Waals surface area contributed by atoms with Gasteiger partial charge in [-0.1, -0.05) is 12.8 Å². The van der Waals surface area contributed by atoms with Crippen molar-refractivity contribution in [3.8, 4) is 11.8 Å². The van der Waals surface area contributed by atoms with Gasteiger partial charge < -0.3 is 10.2 Å². The van der Waals surface area contributed by atoms with Gasteiger partial charge in [0.05, 0.1) is 23.2 Å². The first-order valence-electron chi connectivity index (χ1n) is 9.70. The molecule has 1 aliphatic carbocycles. The van der Waals surface area contributed by atoms with Gasteiger partial charge in [-0.05, 0) is 73.2 Å². The van der Waals surface area contributed by atoms with Crippen LogP contribution in [0.15, 0.2) is 36.5 Å². The van der Waals surface area contributed by atoms with E-state index in [2.05, 4.69) is 26.6 Å². The van der Waals surface area contributed by atoms with Gasteiger partial charge in [-0.2, -0.15) is 5.26 Å². The summed E-state index contributed by atoms with van der Waals surface area (Å²) in [5.74, 6) is 0.538. The van der Waals surface area contributed by atoms with E-state index in [0.717, 1.165) is 24.6 Å². The van der Waals surface area contributed by atoms with E-state index >= 15 is 0 Å². The summed E-state index contributed by atoms with van der Waals surface area (Å²) in [6, 6.07) is 9.73. The Hall–Kier alpha value is -3.05. The second-order valence-electron chi connectivity index (χ2n) is 7.35. The van der Waals surface area contributed by atoms with Gasteiger partial charge in [0.15, 0.2) is 0 Å². The van der Waals surface area contributed by atoms with E-state index in [1.54, 1.807) is 26.1 Å². The summed E-state index contributed by atoms with van der Waals surface area (Å²) in [4.78, 5) is 4.41. The number of halogens is 3. The largest absolute Gasteiger partial charge is 0.573 e. The fraction of sp³-hybridized carbons (Fsp3) is 0.364. The molecule has 8 heteroatoms. The Kier molecular flexibility index (Phi) is 6.63. The Morgan fingerprint density at radius 2 is 2.03 bits per heavy atom. The minimum Gasteiger partial charge on any atom is -0.406 e. The summed E-state index contributed by atoms with van der Waals surface area (Å²) in [6.07, 6.45) is 0.706. The van der Waals surface area contributed by atoms with Gasteiger partial charge >= 0.3 is 6.36 Å². The summed E-state index contributed by atoms with van der Waals surface area (Å²) >= 11 is 0. The monoisotopic (exact) mass is 416 g/mol. The van der Waals surface area contributed by atoms with Gasteiger partial charge in [-0.15, -0.1) is 13.2 Å². The second kappa shape index (κ2) is 9.18. The predicted octanol–water partition coefficient (Wildman–Crippen LogP) is 5.46. The van der Waals surface area contributed by atoms with Crippen molar-refractivity contribution in [2.24, 2.45) is 5.92 Å². The molecular formula is C22H23F3N4O. The normalized spacial score (nSPS) is 14.7. The van der Waals surface area contributed by atoms with Crippen LogP contribution >= 0.6 is 0 Å². The zero-order valence-electron chi connectivity index (χ0n) is 16.8. The molecule has 1 fully saturated rings. The Morgan fingerprint density at radius 3 is 2.60 bits per heavy atom. The molecular weight excluding hydrogens is 393 g/mol. The van der Waals surface area contributed by atoms with E-state index in [9.17, 15) is 18.4 Å². The molecule has 5 nitrogen and oxygen atoms in total. The zero-order chi connectivity index (χ0) is 21.7. The molecule has 3 rings (SSSR count). The van der Waals surface area contributed by atoms with Crippen LogP contribution in [-0.2, 0) is 0 Å². The third-order valence-electron chi connectivity index (χ3n) is 4.94. The van der Waals surface area contributed by atoms with Crippen molar-refractivity contribution in [2.75, 3.05) is 12.0 Å². The van der Waals surface area contributed by atoms with Crippen LogP contribution in [-0.4, -0.2) is 17.9 Å². The number of hydrogen-bond donors (Lipinski definition) is 2. The number of aromatic nitrogens is 1. The highest BCUT2D eigenvalue weighted by atomic mass is 19.4. The quantitative estimate of drug-likeness (QED) is 0.340. The summed E-state index contributed by atoms with van der Waals surface area (Å²) in [6.45, 7) is 4.29. The second-order valence-corrected chi connectivity index (χ2v) is 7.35. The molecule has 0 aliphatic heterocycles. The highest BCUT2D eigenvalue weighted by molar-refractivity contribution is 5.96. The molecule has 30 heavy (non-hydrogen) atoms. The van der Waals surface area contributed by atoms with Crippen LogP contribution in [0.2, 0.25) is 0 Å². The van der Waals surface area contributed by atoms with Crippen molar-refractivity contribution in [1.29, 1.82) is 5.26 Å². The van der Waals surface area contributed by atoms with Crippen LogP contribution in [0.4, 0.5) is 18.9 Å². The predicted molar refractivity (Wildman–Crippen MR) is 109 cm³/mol. The smallest absolute Gasteiger partial charge is 0.406 e. The van der Waals surface area contributed by atoms with Gasteiger partial charge in [-0.3, -0.25) is 4.98 Å². The molecule has 0 saturated heterocycles. The average molecular weight is 416 g/mol. The summed E-state index contributed by atoms with van der Waals surface area (Å²) in [7, 11) is 0. The molecule has 1 saturated carbocycles. The van der Waals surface area contributed by atoms with Gasteiger partial charge in [0.1, 0.15) is 11.8 Å². The van der Waals surface area contributed by atoms with Gasteiger partial charge in [-0.25, -0.2) is 5.43 Å². The number of nitriles is 1. The number of hydrazine groups is 1. The summed E-state index contributed by atoms with van der Waals surface area (Å²) in [5.41, 5.74) is 9.72. The van der Waals surface area contributed by atoms with Gasteiger partial charge in [0, 0.05) is 6.54 Å². The average Bonchev–Trinajstić information content (AvgIpc) is 3.51. The van der Waals surface area contributed by atoms with Crippen LogP contribution in [0.3, 0.4) is 0 Å². The maximum absolute atomic E-state index is 12.4. The minimum absolute atomic E-state index is 0.318. The lowest BCUT2D eigenvalue weighted by atomic mass is 9.95. The number of alkyl halides is 3. The van der Waals surface area contributed by atoms with Crippen molar-refractivity contribution in [3.05, 3.63) is 53.3 Å². The van der Waals surface area contributed by atoms with Crippen molar-refractivity contribution in [1.82, 2.24) is 10.4 Å². The van der Waals surface area contributed by atoms with Crippen LogP contribution in [0.25, 0.3) is 11.1 Å². The highest BCUT2D eigenvalue weighted by Gasteiger charge is 2.31. The Labute approximate surface area is 173 Å². The first-order valence-corrected chi connectivity index (χ1v) is 9.70. The number of nitrogens with one attached hydrogen (secondary N) is 2. The number of pyridine rings is 1. The number of ether oxygens (including phenoxy) is 1. The van der Waals surface area contributed by atoms with E-state index < -0.39 is 6.36 Å². The number of anilines is 1. The minimum atomic E-state index is -4.76. The molecule has 1 aliphatic rings. The lowest BCUT2D eigenvalue weighted by Crippen LogP contribution is -2.23. The first kappa shape index (κ1) is 21.7. The number of benzene rings is 1. The van der Waals surface area contributed by atoms with Gasteiger partial charge in [0.25, 0.3) is 0 Å². The van der Waals surface area contributed by atoms with Gasteiger partial charge in [0.2, 0.25) is 0 Å². The van der Waals surface area contributed by atoms with Crippen LogP contribution < -0.4 is 15.6 Å². The summed E-state index contributed by atoms with van der Waals surface area (Å²) in [5, 5.41) is 9.67. The van der Waals surface area contributed by atoms with Crippen molar-refractivity contribution < 1.29 is 17.9 Å². The lowest BCUT2D eigenvalue weighted by Gasteiger charge is -2.13. The molecule has 0 amide bonds. The zero-order valence-corrected chi connectivity index (χ0v) is 16.8. The third kappa shape index (κ3) is 5.97. The van der Waals surface area contributed by atoms with Crippen molar-refractivity contribution >= 4 is 16.8 Å². The molecule has 0 radical (unpaired) electrons. The molecule has 1 heterocycles. The Balaban J connectivity index is 1.73.